The van der Waals surface area contributed by atoms with Crippen LogP contribution in [0, 0.1) is 5.92 Å². The van der Waals surface area contributed by atoms with E-state index in [1.54, 1.807) is 0 Å². The molecular formula is C45H35NO. The summed E-state index contributed by atoms with van der Waals surface area (Å²) in [6.07, 6.45) is 22.3. The number of nitrogens with zero attached hydrogens (tertiary/aromatic N) is 1. The third-order valence-electron chi connectivity index (χ3n) is 9.32. The maximum absolute atomic E-state index is 6.54. The summed E-state index contributed by atoms with van der Waals surface area (Å²) >= 11 is 0. The van der Waals surface area contributed by atoms with E-state index in [2.05, 4.69) is 158 Å². The Kier molecular flexibility index (Phi) is 7.39. The van der Waals surface area contributed by atoms with E-state index in [0.717, 1.165) is 45.3 Å². The zero-order valence-electron chi connectivity index (χ0n) is 26.3. The molecule has 5 aromatic carbocycles. The van der Waals surface area contributed by atoms with Crippen LogP contribution in [-0.2, 0) is 0 Å². The van der Waals surface area contributed by atoms with Gasteiger partial charge in [-0.15, -0.1) is 6.58 Å². The minimum atomic E-state index is 0.491. The van der Waals surface area contributed by atoms with Crippen LogP contribution in [0.25, 0.3) is 61.6 Å². The Labute approximate surface area is 275 Å². The van der Waals surface area contributed by atoms with Crippen molar-refractivity contribution < 1.29 is 4.42 Å². The molecule has 0 saturated heterocycles. The first-order valence-electron chi connectivity index (χ1n) is 16.2. The van der Waals surface area contributed by atoms with Crippen molar-refractivity contribution in [3.8, 4) is 11.1 Å². The lowest BCUT2D eigenvalue weighted by Crippen LogP contribution is -2.32. The second-order valence-electron chi connectivity index (χ2n) is 12.2. The van der Waals surface area contributed by atoms with Gasteiger partial charge in [0, 0.05) is 40.2 Å². The number of furan rings is 1. The molecule has 0 bridgehead atoms. The molecule has 1 unspecified atom stereocenters. The fraction of sp³-hybridized carbons (Fsp3) is 0.0667. The first-order chi connectivity index (χ1) is 23.2. The van der Waals surface area contributed by atoms with Gasteiger partial charge in [-0.05, 0) is 86.8 Å². The number of benzene rings is 5. The van der Waals surface area contributed by atoms with Crippen molar-refractivity contribution in [2.75, 3.05) is 11.4 Å². The monoisotopic (exact) mass is 605 g/mol. The first kappa shape index (κ1) is 28.6. The summed E-state index contributed by atoms with van der Waals surface area (Å²) < 4.78 is 6.54. The first-order valence-corrected chi connectivity index (χ1v) is 16.2. The van der Waals surface area contributed by atoms with Gasteiger partial charge in [-0.2, -0.15) is 0 Å². The predicted molar refractivity (Wildman–Crippen MR) is 201 cm³/mol. The molecule has 0 aliphatic heterocycles. The van der Waals surface area contributed by atoms with Crippen LogP contribution in [0.4, 0.5) is 5.69 Å². The minimum absolute atomic E-state index is 0.491. The highest BCUT2D eigenvalue weighted by Crippen LogP contribution is 2.35. The van der Waals surface area contributed by atoms with Crippen LogP contribution < -0.4 is 15.3 Å². The van der Waals surface area contributed by atoms with Crippen molar-refractivity contribution in [1.82, 2.24) is 0 Å². The van der Waals surface area contributed by atoms with Crippen LogP contribution >= 0.6 is 0 Å². The van der Waals surface area contributed by atoms with Crippen molar-refractivity contribution in [2.24, 2.45) is 5.92 Å². The summed E-state index contributed by atoms with van der Waals surface area (Å²) in [6.45, 7) is 8.67. The van der Waals surface area contributed by atoms with Gasteiger partial charge < -0.3 is 9.32 Å². The number of anilines is 1. The number of rotatable bonds is 8. The number of fused-ring (bicyclic) bond motifs is 6. The van der Waals surface area contributed by atoms with Gasteiger partial charge in [0.1, 0.15) is 11.2 Å². The van der Waals surface area contributed by atoms with E-state index in [9.17, 15) is 0 Å². The molecule has 2 nitrogen and oxygen atoms in total. The third-order valence-corrected chi connectivity index (χ3v) is 9.32. The Bertz CT molecular complexity index is 2450. The van der Waals surface area contributed by atoms with E-state index in [1.165, 1.54) is 37.9 Å². The van der Waals surface area contributed by atoms with Crippen LogP contribution in [0.3, 0.4) is 0 Å². The quantitative estimate of drug-likeness (QED) is 0.127. The van der Waals surface area contributed by atoms with Gasteiger partial charge in [-0.3, -0.25) is 0 Å². The third kappa shape index (κ3) is 5.28. The van der Waals surface area contributed by atoms with E-state index >= 15 is 0 Å². The topological polar surface area (TPSA) is 16.4 Å². The molecule has 226 valence electrons. The summed E-state index contributed by atoms with van der Waals surface area (Å²) in [5, 5.41) is 7.28. The molecule has 47 heavy (non-hydrogen) atoms. The number of allylic oxidation sites excluding steroid dienone is 7. The highest BCUT2D eigenvalue weighted by atomic mass is 16.3. The van der Waals surface area contributed by atoms with Crippen molar-refractivity contribution in [2.45, 2.75) is 6.42 Å². The molecule has 2 heteroatoms. The predicted octanol–water partition coefficient (Wildman–Crippen LogP) is 10.3. The van der Waals surface area contributed by atoms with Crippen LogP contribution in [0.5, 0.6) is 0 Å². The molecule has 0 saturated carbocycles. The SMILES string of the molecule is C=C/C=C\C(=C\c1cccc2c1oc1cc3ccccc3cc12)N(CC=C)c1ccc(-c2ccc3c(c2)=CCC2C=CC=CC=32)cc1. The van der Waals surface area contributed by atoms with Crippen LogP contribution in [0.2, 0.25) is 0 Å². The van der Waals surface area contributed by atoms with Crippen molar-refractivity contribution in [3.63, 3.8) is 0 Å². The lowest BCUT2D eigenvalue weighted by molar-refractivity contribution is 0.668. The van der Waals surface area contributed by atoms with Gasteiger partial charge in [0.25, 0.3) is 0 Å². The average molecular weight is 606 g/mol. The molecule has 1 heterocycles. The molecule has 0 fully saturated rings. The molecule has 0 radical (unpaired) electrons. The van der Waals surface area contributed by atoms with Gasteiger partial charge >= 0.3 is 0 Å². The van der Waals surface area contributed by atoms with Gasteiger partial charge in [-0.25, -0.2) is 0 Å². The fourth-order valence-electron chi connectivity index (χ4n) is 6.99. The smallest absolute Gasteiger partial charge is 0.142 e. The van der Waals surface area contributed by atoms with E-state index in [0.29, 0.717) is 12.5 Å². The van der Waals surface area contributed by atoms with E-state index in [4.69, 9.17) is 4.42 Å². The van der Waals surface area contributed by atoms with E-state index in [-0.39, 0.29) is 0 Å². The van der Waals surface area contributed by atoms with Crippen LogP contribution in [0.1, 0.15) is 12.0 Å². The van der Waals surface area contributed by atoms with Crippen LogP contribution in [0.15, 0.2) is 169 Å². The molecule has 1 aromatic heterocycles. The Balaban J connectivity index is 1.18. The highest BCUT2D eigenvalue weighted by molar-refractivity contribution is 6.11. The molecule has 8 rings (SSSR count). The second kappa shape index (κ2) is 12.2. The molecule has 2 aliphatic rings. The Morgan fingerprint density at radius 3 is 2.49 bits per heavy atom. The Morgan fingerprint density at radius 1 is 0.830 bits per heavy atom. The lowest BCUT2D eigenvalue weighted by Gasteiger charge is -2.25. The summed E-state index contributed by atoms with van der Waals surface area (Å²) in [4.78, 5) is 2.27. The van der Waals surface area contributed by atoms with E-state index < -0.39 is 0 Å². The maximum Gasteiger partial charge on any atom is 0.142 e. The zero-order valence-corrected chi connectivity index (χ0v) is 26.3. The summed E-state index contributed by atoms with van der Waals surface area (Å²) in [7, 11) is 0. The Hall–Kier alpha value is -5.86. The van der Waals surface area contributed by atoms with Crippen molar-refractivity contribution >= 4 is 56.1 Å². The summed E-state index contributed by atoms with van der Waals surface area (Å²) in [5.41, 5.74) is 8.73. The number of hydrogen-bond donors (Lipinski definition) is 0. The average Bonchev–Trinajstić information content (AvgIpc) is 3.49. The van der Waals surface area contributed by atoms with Crippen molar-refractivity contribution in [3.05, 3.63) is 181 Å². The lowest BCUT2D eigenvalue weighted by atomic mass is 9.85. The number of para-hydroxylation sites is 1. The molecule has 1 atom stereocenters. The summed E-state index contributed by atoms with van der Waals surface area (Å²) in [6, 6.07) is 34.9. The molecular weight excluding hydrogens is 571 g/mol. The van der Waals surface area contributed by atoms with Crippen molar-refractivity contribution in [1.29, 1.82) is 0 Å². The standard InChI is InChI=1S/C45H35NO/c1-3-5-15-39(28-37-14-10-17-42-43-29-33-12-6-7-13-34(33)30-44(43)47-45(37)42)46(26-4-2)38-23-20-31(21-24-38)35-22-25-41-36(27-35)19-18-32-11-8-9-16-40(32)41/h3-17,19-25,27-30,32H,1-2,18,26H2/b15-5-,39-28-. The maximum atomic E-state index is 6.54. The zero-order chi connectivity index (χ0) is 31.7. The molecule has 0 N–H and O–H groups in total. The molecule has 0 spiro atoms. The van der Waals surface area contributed by atoms with Gasteiger partial charge in [0.2, 0.25) is 0 Å². The van der Waals surface area contributed by atoms with Gasteiger partial charge in [0.15, 0.2) is 0 Å². The number of hydrogen-bond acceptors (Lipinski definition) is 2. The Morgan fingerprint density at radius 2 is 1.66 bits per heavy atom. The molecule has 0 amide bonds. The highest BCUT2D eigenvalue weighted by Gasteiger charge is 2.16. The normalized spacial score (nSPS) is 15.6. The minimum Gasteiger partial charge on any atom is -0.455 e. The van der Waals surface area contributed by atoms with Crippen LogP contribution in [-0.4, -0.2) is 6.54 Å². The largest absolute Gasteiger partial charge is 0.455 e. The molecule has 2 aliphatic carbocycles. The fourth-order valence-corrected chi connectivity index (χ4v) is 6.99. The van der Waals surface area contributed by atoms with Gasteiger partial charge in [-0.1, -0.05) is 122 Å². The van der Waals surface area contributed by atoms with E-state index in [1.807, 2.05) is 18.2 Å². The summed E-state index contributed by atoms with van der Waals surface area (Å²) in [5.74, 6) is 0.491. The van der Waals surface area contributed by atoms with Gasteiger partial charge in [0.05, 0.1) is 0 Å². The molecule has 6 aromatic rings. The second-order valence-corrected chi connectivity index (χ2v) is 12.2.